The van der Waals surface area contributed by atoms with E-state index >= 15 is 0 Å². The molecule has 1 heterocycles. The van der Waals surface area contributed by atoms with Gasteiger partial charge in [0.05, 0.1) is 12.1 Å². The minimum absolute atomic E-state index is 0.0178. The van der Waals surface area contributed by atoms with E-state index in [2.05, 4.69) is 5.32 Å². The molecule has 0 amide bonds. The number of aliphatic hydroxyl groups excluding tert-OH is 1. The molecule has 0 fully saturated rings. The van der Waals surface area contributed by atoms with Gasteiger partial charge >= 0.3 is 5.76 Å². The summed E-state index contributed by atoms with van der Waals surface area (Å²) in [6.45, 7) is 1.34. The monoisotopic (exact) mass is 265 g/mol. The predicted octanol–water partition coefficient (Wildman–Crippen LogP) is -0.417. The van der Waals surface area contributed by atoms with E-state index in [9.17, 15) is 4.79 Å². The number of nitrogens with one attached hydrogen (secondary N) is 1. The quantitative estimate of drug-likeness (QED) is 0.617. The summed E-state index contributed by atoms with van der Waals surface area (Å²) in [6.07, 6.45) is 0.827. The van der Waals surface area contributed by atoms with Gasteiger partial charge in [0, 0.05) is 19.6 Å². The fourth-order valence-corrected chi connectivity index (χ4v) is 1.91. The van der Waals surface area contributed by atoms with Crippen LogP contribution >= 0.6 is 0 Å². The van der Waals surface area contributed by atoms with Gasteiger partial charge in [-0.3, -0.25) is 4.57 Å². The number of oxazole rings is 1. The average Bonchev–Trinajstić information content (AvgIpc) is 2.70. The second-order valence-electron chi connectivity index (χ2n) is 4.63. The molecule has 6 heteroatoms. The second-order valence-corrected chi connectivity index (χ2v) is 4.63. The summed E-state index contributed by atoms with van der Waals surface area (Å²) in [5.41, 5.74) is 8.11. The fraction of sp³-hybridized carbons (Fsp3) is 0.462. The van der Waals surface area contributed by atoms with E-state index in [-0.39, 0.29) is 18.4 Å². The summed E-state index contributed by atoms with van der Waals surface area (Å²) in [5.74, 6) is -0.348. The lowest BCUT2D eigenvalue weighted by Crippen LogP contribution is -2.37. The van der Waals surface area contributed by atoms with Crippen LogP contribution in [0.4, 0.5) is 0 Å². The molecule has 1 unspecified atom stereocenters. The van der Waals surface area contributed by atoms with Gasteiger partial charge < -0.3 is 20.6 Å². The van der Waals surface area contributed by atoms with Crippen molar-refractivity contribution in [1.82, 2.24) is 9.88 Å². The van der Waals surface area contributed by atoms with Crippen LogP contribution in [0.3, 0.4) is 0 Å². The Morgan fingerprint density at radius 3 is 3.05 bits per heavy atom. The summed E-state index contributed by atoms with van der Waals surface area (Å²) in [7, 11) is 1.69. The summed E-state index contributed by atoms with van der Waals surface area (Å²) >= 11 is 0. The zero-order valence-corrected chi connectivity index (χ0v) is 10.9. The molecule has 0 saturated heterocycles. The van der Waals surface area contributed by atoms with Crippen LogP contribution in [-0.2, 0) is 13.5 Å². The first-order valence-electron chi connectivity index (χ1n) is 6.27. The minimum atomic E-state index is -0.348. The van der Waals surface area contributed by atoms with E-state index in [1.165, 1.54) is 4.57 Å². The number of benzene rings is 1. The number of rotatable bonds is 6. The predicted molar refractivity (Wildman–Crippen MR) is 73.1 cm³/mol. The van der Waals surface area contributed by atoms with E-state index < -0.39 is 0 Å². The molecule has 0 aliphatic heterocycles. The maximum atomic E-state index is 11.4. The minimum Gasteiger partial charge on any atom is -0.408 e. The highest BCUT2D eigenvalue weighted by atomic mass is 16.4. The first-order valence-corrected chi connectivity index (χ1v) is 6.27. The van der Waals surface area contributed by atoms with E-state index in [4.69, 9.17) is 15.3 Å². The molecule has 0 bridgehead atoms. The highest BCUT2D eigenvalue weighted by Crippen LogP contribution is 2.14. The van der Waals surface area contributed by atoms with Crippen molar-refractivity contribution < 1.29 is 9.52 Å². The number of aliphatic hydroxyl groups is 1. The number of hydrogen-bond donors (Lipinski definition) is 3. The molecule has 104 valence electrons. The molecule has 1 atom stereocenters. The Labute approximate surface area is 110 Å². The maximum absolute atomic E-state index is 11.4. The maximum Gasteiger partial charge on any atom is 0.419 e. The SMILES string of the molecule is Cn1c(=O)oc2ccc(CCNCC(N)CO)cc21. The number of nitrogens with zero attached hydrogens (tertiary/aromatic N) is 1. The van der Waals surface area contributed by atoms with Crippen LogP contribution in [0.15, 0.2) is 27.4 Å². The van der Waals surface area contributed by atoms with E-state index in [1.54, 1.807) is 7.05 Å². The zero-order chi connectivity index (χ0) is 13.8. The lowest BCUT2D eigenvalue weighted by Gasteiger charge is -2.09. The average molecular weight is 265 g/mol. The Balaban J connectivity index is 1.98. The van der Waals surface area contributed by atoms with Crippen LogP contribution in [0.2, 0.25) is 0 Å². The van der Waals surface area contributed by atoms with Gasteiger partial charge in [-0.05, 0) is 30.7 Å². The molecular formula is C13H19N3O3. The second kappa shape index (κ2) is 6.01. The molecule has 2 aromatic rings. The van der Waals surface area contributed by atoms with E-state index in [1.807, 2.05) is 18.2 Å². The molecule has 1 aromatic heterocycles. The Hall–Kier alpha value is -1.63. The van der Waals surface area contributed by atoms with Gasteiger partial charge in [-0.15, -0.1) is 0 Å². The van der Waals surface area contributed by atoms with Gasteiger partial charge in [0.2, 0.25) is 0 Å². The first kappa shape index (κ1) is 13.8. The number of aromatic nitrogens is 1. The van der Waals surface area contributed by atoms with E-state index in [0.717, 1.165) is 24.0 Å². The van der Waals surface area contributed by atoms with Crippen molar-refractivity contribution in [2.24, 2.45) is 12.8 Å². The molecule has 1 aromatic carbocycles. The van der Waals surface area contributed by atoms with Crippen LogP contribution in [0.5, 0.6) is 0 Å². The lowest BCUT2D eigenvalue weighted by atomic mass is 10.1. The van der Waals surface area contributed by atoms with Crippen molar-refractivity contribution in [3.63, 3.8) is 0 Å². The highest BCUT2D eigenvalue weighted by molar-refractivity contribution is 5.73. The van der Waals surface area contributed by atoms with Crippen LogP contribution in [0, 0.1) is 0 Å². The third-order valence-electron chi connectivity index (χ3n) is 3.09. The largest absolute Gasteiger partial charge is 0.419 e. The van der Waals surface area contributed by atoms with Crippen molar-refractivity contribution in [2.75, 3.05) is 19.7 Å². The highest BCUT2D eigenvalue weighted by Gasteiger charge is 2.06. The molecule has 4 N–H and O–H groups in total. The van der Waals surface area contributed by atoms with Gasteiger partial charge in [0.1, 0.15) is 0 Å². The van der Waals surface area contributed by atoms with Crippen LogP contribution < -0.4 is 16.8 Å². The normalized spacial score (nSPS) is 13.0. The van der Waals surface area contributed by atoms with Crippen LogP contribution in [0.25, 0.3) is 11.1 Å². The molecule has 0 aliphatic carbocycles. The summed E-state index contributed by atoms with van der Waals surface area (Å²) in [6, 6.07) is 5.48. The van der Waals surface area contributed by atoms with Crippen molar-refractivity contribution >= 4 is 11.1 Å². The van der Waals surface area contributed by atoms with Crippen molar-refractivity contribution in [2.45, 2.75) is 12.5 Å². The fourth-order valence-electron chi connectivity index (χ4n) is 1.91. The molecule has 0 saturated carbocycles. The van der Waals surface area contributed by atoms with Gasteiger partial charge in [-0.1, -0.05) is 6.07 Å². The van der Waals surface area contributed by atoms with Crippen LogP contribution in [-0.4, -0.2) is 35.4 Å². The lowest BCUT2D eigenvalue weighted by molar-refractivity contribution is 0.262. The summed E-state index contributed by atoms with van der Waals surface area (Å²) < 4.78 is 6.57. The molecule has 0 spiro atoms. The molecule has 0 radical (unpaired) electrons. The standard InChI is InChI=1S/C13H19N3O3/c1-16-11-6-9(2-3-12(11)19-13(16)18)4-5-15-7-10(14)8-17/h2-3,6,10,15,17H,4-5,7-8,14H2,1H3. The van der Waals surface area contributed by atoms with E-state index in [0.29, 0.717) is 12.1 Å². The molecule has 2 rings (SSSR count). The van der Waals surface area contributed by atoms with Gasteiger partial charge in [0.25, 0.3) is 0 Å². The topological polar surface area (TPSA) is 93.4 Å². The third-order valence-corrected chi connectivity index (χ3v) is 3.09. The number of nitrogens with two attached hydrogens (primary N) is 1. The number of fused-ring (bicyclic) bond motifs is 1. The third kappa shape index (κ3) is 3.23. The van der Waals surface area contributed by atoms with Crippen LogP contribution in [0.1, 0.15) is 5.56 Å². The van der Waals surface area contributed by atoms with Crippen molar-refractivity contribution in [1.29, 1.82) is 0 Å². The first-order chi connectivity index (χ1) is 9.11. The molecule has 6 nitrogen and oxygen atoms in total. The van der Waals surface area contributed by atoms with Gasteiger partial charge in [-0.2, -0.15) is 0 Å². The molecule has 19 heavy (non-hydrogen) atoms. The summed E-state index contributed by atoms with van der Waals surface area (Å²) in [4.78, 5) is 11.4. The summed E-state index contributed by atoms with van der Waals surface area (Å²) in [5, 5.41) is 12.0. The van der Waals surface area contributed by atoms with Crippen molar-refractivity contribution in [3.05, 3.63) is 34.3 Å². The van der Waals surface area contributed by atoms with Gasteiger partial charge in [0.15, 0.2) is 5.58 Å². The Morgan fingerprint density at radius 2 is 2.32 bits per heavy atom. The molecule has 0 aliphatic rings. The Bertz CT molecular complexity index is 603. The molecular weight excluding hydrogens is 246 g/mol. The van der Waals surface area contributed by atoms with Gasteiger partial charge in [-0.25, -0.2) is 4.79 Å². The van der Waals surface area contributed by atoms with Crippen molar-refractivity contribution in [3.8, 4) is 0 Å². The smallest absolute Gasteiger partial charge is 0.408 e. The Morgan fingerprint density at radius 1 is 1.53 bits per heavy atom. The number of aryl methyl sites for hydroxylation is 1. The number of hydrogen-bond acceptors (Lipinski definition) is 5. The zero-order valence-electron chi connectivity index (χ0n) is 10.9. The Kier molecular flexibility index (Phi) is 4.36.